The first-order chi connectivity index (χ1) is 6.92. The predicted octanol–water partition coefficient (Wildman–Crippen LogP) is -0.642. The van der Waals surface area contributed by atoms with Gasteiger partial charge in [0, 0.05) is 12.7 Å². The SMILES string of the molecule is CCn1cc(S(=O)(=O)NN)cc1C(=O)O. The van der Waals surface area contributed by atoms with Crippen molar-refractivity contribution in [2.45, 2.75) is 18.4 Å². The van der Waals surface area contributed by atoms with E-state index in [0.717, 1.165) is 6.07 Å². The molecule has 1 aromatic heterocycles. The van der Waals surface area contributed by atoms with Crippen LogP contribution in [-0.4, -0.2) is 24.1 Å². The van der Waals surface area contributed by atoms with Crippen LogP contribution in [0.25, 0.3) is 0 Å². The zero-order chi connectivity index (χ0) is 11.6. The van der Waals surface area contributed by atoms with E-state index in [1.807, 2.05) is 0 Å². The zero-order valence-electron chi connectivity index (χ0n) is 7.97. The molecule has 0 aliphatic heterocycles. The minimum Gasteiger partial charge on any atom is -0.477 e. The highest BCUT2D eigenvalue weighted by Gasteiger charge is 2.19. The van der Waals surface area contributed by atoms with Crippen LogP contribution >= 0.6 is 0 Å². The van der Waals surface area contributed by atoms with Crippen LogP contribution in [0.4, 0.5) is 0 Å². The number of nitrogens with one attached hydrogen (secondary N) is 1. The molecule has 0 aromatic carbocycles. The van der Waals surface area contributed by atoms with E-state index in [0.29, 0.717) is 6.54 Å². The van der Waals surface area contributed by atoms with Gasteiger partial charge in [-0.15, -0.1) is 0 Å². The third kappa shape index (κ3) is 2.17. The number of rotatable bonds is 4. The molecule has 0 amide bonds. The van der Waals surface area contributed by atoms with Gasteiger partial charge in [-0.2, -0.15) is 4.83 Å². The van der Waals surface area contributed by atoms with E-state index < -0.39 is 16.0 Å². The monoisotopic (exact) mass is 233 g/mol. The maximum atomic E-state index is 11.3. The number of hydrogen-bond donors (Lipinski definition) is 3. The Bertz CT molecular complexity index is 476. The van der Waals surface area contributed by atoms with Crippen molar-refractivity contribution in [1.82, 2.24) is 9.40 Å². The molecule has 1 heterocycles. The molecule has 0 aliphatic carbocycles. The van der Waals surface area contributed by atoms with Crippen molar-refractivity contribution in [2.75, 3.05) is 0 Å². The van der Waals surface area contributed by atoms with Gasteiger partial charge in [-0.25, -0.2) is 13.2 Å². The van der Waals surface area contributed by atoms with E-state index in [-0.39, 0.29) is 10.6 Å². The van der Waals surface area contributed by atoms with Crippen LogP contribution in [-0.2, 0) is 16.6 Å². The number of aromatic carboxylic acids is 1. The predicted molar refractivity (Wildman–Crippen MR) is 51.6 cm³/mol. The second-order valence-electron chi connectivity index (χ2n) is 2.77. The normalized spacial score (nSPS) is 11.6. The summed E-state index contributed by atoms with van der Waals surface area (Å²) < 4.78 is 23.8. The van der Waals surface area contributed by atoms with Gasteiger partial charge in [0.2, 0.25) is 0 Å². The minimum absolute atomic E-state index is 0.0914. The summed E-state index contributed by atoms with van der Waals surface area (Å²) in [5.41, 5.74) is -0.0914. The summed E-state index contributed by atoms with van der Waals surface area (Å²) in [4.78, 5) is 12.2. The zero-order valence-corrected chi connectivity index (χ0v) is 8.78. The van der Waals surface area contributed by atoms with Gasteiger partial charge >= 0.3 is 5.97 Å². The standard InChI is InChI=1S/C7H11N3O4S/c1-2-10-4-5(15(13,14)9-8)3-6(10)7(11)12/h3-4,9H,2,8H2,1H3,(H,11,12). The first kappa shape index (κ1) is 11.7. The molecular formula is C7H11N3O4S. The summed E-state index contributed by atoms with van der Waals surface area (Å²) in [6.45, 7) is 2.07. The number of carboxylic acid groups (broad SMARTS) is 1. The van der Waals surface area contributed by atoms with Crippen molar-refractivity contribution >= 4 is 16.0 Å². The molecule has 0 spiro atoms. The summed E-state index contributed by atoms with van der Waals surface area (Å²) >= 11 is 0. The van der Waals surface area contributed by atoms with Crippen LogP contribution in [0.2, 0.25) is 0 Å². The summed E-state index contributed by atoms with van der Waals surface area (Å²) in [7, 11) is -3.80. The summed E-state index contributed by atoms with van der Waals surface area (Å²) in [6.07, 6.45) is 1.22. The second-order valence-corrected chi connectivity index (χ2v) is 4.49. The number of aryl methyl sites for hydroxylation is 1. The van der Waals surface area contributed by atoms with E-state index in [4.69, 9.17) is 10.9 Å². The molecule has 8 heteroatoms. The Kier molecular flexibility index (Phi) is 3.12. The quantitative estimate of drug-likeness (QED) is 0.472. The second kappa shape index (κ2) is 4.01. The Morgan fingerprint density at radius 3 is 2.60 bits per heavy atom. The molecule has 4 N–H and O–H groups in total. The average Bonchev–Trinajstić information content (AvgIpc) is 2.62. The van der Waals surface area contributed by atoms with Crippen LogP contribution in [0.3, 0.4) is 0 Å². The number of hydrogen-bond acceptors (Lipinski definition) is 4. The number of aromatic nitrogens is 1. The number of nitrogens with two attached hydrogens (primary N) is 1. The van der Waals surface area contributed by atoms with Gasteiger partial charge < -0.3 is 9.67 Å². The summed E-state index contributed by atoms with van der Waals surface area (Å²) in [6, 6.07) is 1.06. The first-order valence-corrected chi connectivity index (χ1v) is 5.56. The van der Waals surface area contributed by atoms with Crippen LogP contribution < -0.4 is 10.7 Å². The van der Waals surface area contributed by atoms with E-state index in [9.17, 15) is 13.2 Å². The Morgan fingerprint density at radius 1 is 1.67 bits per heavy atom. The highest BCUT2D eigenvalue weighted by molar-refractivity contribution is 7.89. The first-order valence-electron chi connectivity index (χ1n) is 4.08. The largest absolute Gasteiger partial charge is 0.477 e. The molecule has 0 radical (unpaired) electrons. The molecule has 0 saturated carbocycles. The fourth-order valence-electron chi connectivity index (χ4n) is 1.14. The molecule has 1 rings (SSSR count). The molecule has 84 valence electrons. The highest BCUT2D eigenvalue weighted by atomic mass is 32.2. The van der Waals surface area contributed by atoms with E-state index in [1.165, 1.54) is 10.8 Å². The fourth-order valence-corrected chi connectivity index (χ4v) is 1.81. The summed E-state index contributed by atoms with van der Waals surface area (Å²) in [5, 5.41) is 8.78. The Labute approximate surface area is 86.5 Å². The number of carboxylic acids is 1. The van der Waals surface area contributed by atoms with Crippen LogP contribution in [0, 0.1) is 0 Å². The van der Waals surface area contributed by atoms with Crippen molar-refractivity contribution in [3.63, 3.8) is 0 Å². The lowest BCUT2D eigenvalue weighted by Crippen LogP contribution is -2.29. The average molecular weight is 233 g/mol. The maximum absolute atomic E-state index is 11.3. The van der Waals surface area contributed by atoms with Gasteiger partial charge in [-0.3, -0.25) is 5.84 Å². The lowest BCUT2D eigenvalue weighted by Gasteiger charge is -1.99. The van der Waals surface area contributed by atoms with Gasteiger partial charge in [0.25, 0.3) is 10.0 Å². The van der Waals surface area contributed by atoms with Crippen molar-refractivity contribution in [3.05, 3.63) is 18.0 Å². The Balaban J connectivity index is 3.32. The summed E-state index contributed by atoms with van der Waals surface area (Å²) in [5.74, 6) is 3.64. The van der Waals surface area contributed by atoms with E-state index in [2.05, 4.69) is 0 Å². The van der Waals surface area contributed by atoms with Gasteiger partial charge in [-0.05, 0) is 13.0 Å². The molecular weight excluding hydrogens is 222 g/mol. The molecule has 0 aliphatic rings. The van der Waals surface area contributed by atoms with Crippen LogP contribution in [0.15, 0.2) is 17.2 Å². The lowest BCUT2D eigenvalue weighted by atomic mass is 10.4. The number of nitrogens with zero attached hydrogens (tertiary/aromatic N) is 1. The van der Waals surface area contributed by atoms with Crippen molar-refractivity contribution in [1.29, 1.82) is 0 Å². The van der Waals surface area contributed by atoms with Gasteiger partial charge in [0.1, 0.15) is 10.6 Å². The third-order valence-electron chi connectivity index (χ3n) is 1.90. The molecule has 0 bridgehead atoms. The van der Waals surface area contributed by atoms with Crippen LogP contribution in [0.1, 0.15) is 17.4 Å². The number of sulfonamides is 1. The van der Waals surface area contributed by atoms with E-state index in [1.54, 1.807) is 11.8 Å². The van der Waals surface area contributed by atoms with E-state index >= 15 is 0 Å². The van der Waals surface area contributed by atoms with Gasteiger partial charge in [0.15, 0.2) is 0 Å². The van der Waals surface area contributed by atoms with Crippen molar-refractivity contribution in [2.24, 2.45) is 5.84 Å². The highest BCUT2D eigenvalue weighted by Crippen LogP contribution is 2.13. The smallest absolute Gasteiger partial charge is 0.352 e. The van der Waals surface area contributed by atoms with Crippen molar-refractivity contribution in [3.8, 4) is 0 Å². The molecule has 7 nitrogen and oxygen atoms in total. The molecule has 15 heavy (non-hydrogen) atoms. The molecule has 0 atom stereocenters. The third-order valence-corrected chi connectivity index (χ3v) is 3.05. The number of hydrazine groups is 1. The minimum atomic E-state index is -3.80. The maximum Gasteiger partial charge on any atom is 0.352 e. The lowest BCUT2D eigenvalue weighted by molar-refractivity contribution is 0.0685. The topological polar surface area (TPSA) is 114 Å². The molecule has 0 fully saturated rings. The van der Waals surface area contributed by atoms with Crippen LogP contribution in [0.5, 0.6) is 0 Å². The molecule has 0 unspecified atom stereocenters. The number of carbonyl (C=O) groups is 1. The Morgan fingerprint density at radius 2 is 2.27 bits per heavy atom. The molecule has 1 aromatic rings. The Hall–Kier alpha value is -1.38. The fraction of sp³-hybridized carbons (Fsp3) is 0.286. The van der Waals surface area contributed by atoms with Crippen molar-refractivity contribution < 1.29 is 18.3 Å². The van der Waals surface area contributed by atoms with Gasteiger partial charge in [-0.1, -0.05) is 0 Å². The molecule has 0 saturated heterocycles. The van der Waals surface area contributed by atoms with Gasteiger partial charge in [0.05, 0.1) is 0 Å².